The van der Waals surface area contributed by atoms with E-state index >= 15 is 0 Å². The molecule has 100 valence electrons. The van der Waals surface area contributed by atoms with E-state index in [-0.39, 0.29) is 11.6 Å². The number of carbonyl (C=O) groups is 1. The normalized spacial score (nSPS) is 12.2. The molecule has 1 unspecified atom stereocenters. The van der Waals surface area contributed by atoms with Crippen molar-refractivity contribution in [3.05, 3.63) is 46.7 Å². The van der Waals surface area contributed by atoms with Gasteiger partial charge in [0.2, 0.25) is 0 Å². The van der Waals surface area contributed by atoms with Gasteiger partial charge in [-0.2, -0.15) is 0 Å². The van der Waals surface area contributed by atoms with E-state index in [9.17, 15) is 9.18 Å². The van der Waals surface area contributed by atoms with Crippen molar-refractivity contribution in [2.45, 2.75) is 13.0 Å². The molecule has 6 heteroatoms. The van der Waals surface area contributed by atoms with Crippen LogP contribution in [0.5, 0.6) is 0 Å². The second kappa shape index (κ2) is 5.90. The van der Waals surface area contributed by atoms with Gasteiger partial charge in [-0.05, 0) is 26.1 Å². The van der Waals surface area contributed by atoms with Crippen molar-refractivity contribution in [2.75, 3.05) is 12.4 Å². The molecule has 0 spiro atoms. The zero-order chi connectivity index (χ0) is 13.8. The summed E-state index contributed by atoms with van der Waals surface area (Å²) >= 11 is 1.32. The summed E-state index contributed by atoms with van der Waals surface area (Å²) in [5.74, 6) is -1.03. The van der Waals surface area contributed by atoms with Gasteiger partial charge in [0.15, 0.2) is 5.13 Å². The van der Waals surface area contributed by atoms with Crippen LogP contribution < -0.4 is 10.6 Å². The molecule has 2 rings (SSSR count). The average Bonchev–Trinajstić information content (AvgIpc) is 2.86. The van der Waals surface area contributed by atoms with E-state index in [1.165, 1.54) is 23.5 Å². The Balaban J connectivity index is 2.11. The smallest absolute Gasteiger partial charge is 0.260 e. The number of anilines is 1. The number of aromatic nitrogens is 1. The molecular formula is C13H14FN3OS. The van der Waals surface area contributed by atoms with Crippen LogP contribution in [0.15, 0.2) is 29.6 Å². The molecule has 0 aliphatic heterocycles. The maximum absolute atomic E-state index is 13.4. The molecule has 4 nitrogen and oxygen atoms in total. The minimum atomic E-state index is -0.541. The number of nitrogens with one attached hydrogen (secondary N) is 2. The monoisotopic (exact) mass is 279 g/mol. The largest absolute Gasteiger partial charge is 0.312 e. The molecule has 0 bridgehead atoms. The van der Waals surface area contributed by atoms with Crippen molar-refractivity contribution in [2.24, 2.45) is 0 Å². The molecule has 2 N–H and O–H groups in total. The highest BCUT2D eigenvalue weighted by Crippen LogP contribution is 2.21. The third-order valence-corrected chi connectivity index (χ3v) is 3.51. The number of thiazole rings is 1. The lowest BCUT2D eigenvalue weighted by molar-refractivity contribution is 0.102. The Morgan fingerprint density at radius 2 is 2.16 bits per heavy atom. The van der Waals surface area contributed by atoms with E-state index in [0.29, 0.717) is 5.13 Å². The maximum atomic E-state index is 13.4. The molecule has 0 radical (unpaired) electrons. The fourth-order valence-electron chi connectivity index (χ4n) is 1.50. The highest BCUT2D eigenvalue weighted by Gasteiger charge is 2.14. The molecule has 1 atom stereocenters. The second-order valence-electron chi connectivity index (χ2n) is 4.02. The van der Waals surface area contributed by atoms with E-state index in [4.69, 9.17) is 0 Å². The van der Waals surface area contributed by atoms with Crippen LogP contribution in [0.3, 0.4) is 0 Å². The number of nitrogens with zero attached hydrogens (tertiary/aromatic N) is 1. The zero-order valence-corrected chi connectivity index (χ0v) is 11.4. The quantitative estimate of drug-likeness (QED) is 0.905. The molecule has 0 saturated heterocycles. The van der Waals surface area contributed by atoms with Gasteiger partial charge in [-0.15, -0.1) is 11.3 Å². The highest BCUT2D eigenvalue weighted by molar-refractivity contribution is 7.14. The van der Waals surface area contributed by atoms with Crippen molar-refractivity contribution >= 4 is 22.4 Å². The second-order valence-corrected chi connectivity index (χ2v) is 4.88. The van der Waals surface area contributed by atoms with E-state index < -0.39 is 11.7 Å². The number of amides is 1. The standard InChI is InChI=1S/C13H14FN3OS/c1-8(15-2)11-7-19-13(16-11)17-12(18)9-5-3-4-6-10(9)14/h3-8,15H,1-2H3,(H,16,17,18). The molecule has 19 heavy (non-hydrogen) atoms. The van der Waals surface area contributed by atoms with Crippen LogP contribution in [0.4, 0.5) is 9.52 Å². The first-order valence-electron chi connectivity index (χ1n) is 5.80. The first-order valence-corrected chi connectivity index (χ1v) is 6.68. The van der Waals surface area contributed by atoms with Crippen molar-refractivity contribution < 1.29 is 9.18 Å². The minimum absolute atomic E-state index is 0.0147. The molecule has 1 heterocycles. The fraction of sp³-hybridized carbons (Fsp3) is 0.231. The summed E-state index contributed by atoms with van der Waals surface area (Å²) in [6.45, 7) is 1.97. The fourth-order valence-corrected chi connectivity index (χ4v) is 2.30. The van der Waals surface area contributed by atoms with Gasteiger partial charge in [0, 0.05) is 11.4 Å². The molecule has 0 fully saturated rings. The summed E-state index contributed by atoms with van der Waals surface area (Å²) in [5.41, 5.74) is 0.859. The number of hydrogen-bond donors (Lipinski definition) is 2. The van der Waals surface area contributed by atoms with Crippen LogP contribution in [-0.4, -0.2) is 17.9 Å². The van der Waals surface area contributed by atoms with Crippen molar-refractivity contribution in [1.29, 1.82) is 0 Å². The highest BCUT2D eigenvalue weighted by atomic mass is 32.1. The van der Waals surface area contributed by atoms with Gasteiger partial charge in [-0.1, -0.05) is 12.1 Å². The first kappa shape index (κ1) is 13.6. The van der Waals surface area contributed by atoms with Gasteiger partial charge in [0.25, 0.3) is 5.91 Å². The summed E-state index contributed by atoms with van der Waals surface area (Å²) in [5, 5.41) is 7.98. The van der Waals surface area contributed by atoms with Gasteiger partial charge >= 0.3 is 0 Å². The first-order chi connectivity index (χ1) is 9.11. The number of rotatable bonds is 4. The van der Waals surface area contributed by atoms with Crippen LogP contribution in [0.2, 0.25) is 0 Å². The number of carbonyl (C=O) groups excluding carboxylic acids is 1. The van der Waals surface area contributed by atoms with Crippen LogP contribution in [0, 0.1) is 5.82 Å². The summed E-state index contributed by atoms with van der Waals surface area (Å²) in [4.78, 5) is 16.2. The molecule has 1 amide bonds. The molecular weight excluding hydrogens is 265 g/mol. The lowest BCUT2D eigenvalue weighted by atomic mass is 10.2. The van der Waals surface area contributed by atoms with Crippen LogP contribution in [0.25, 0.3) is 0 Å². The Hall–Kier alpha value is -1.79. The van der Waals surface area contributed by atoms with E-state index in [0.717, 1.165) is 5.69 Å². The topological polar surface area (TPSA) is 54.0 Å². The van der Waals surface area contributed by atoms with Crippen LogP contribution in [0.1, 0.15) is 29.0 Å². The minimum Gasteiger partial charge on any atom is -0.312 e. The zero-order valence-electron chi connectivity index (χ0n) is 10.6. The summed E-state index contributed by atoms with van der Waals surface area (Å²) in [6.07, 6.45) is 0. The Labute approximate surface area is 114 Å². The molecule has 2 aromatic rings. The van der Waals surface area contributed by atoms with Crippen LogP contribution >= 0.6 is 11.3 Å². The molecule has 1 aromatic heterocycles. The predicted octanol–water partition coefficient (Wildman–Crippen LogP) is 2.81. The van der Waals surface area contributed by atoms with Crippen molar-refractivity contribution in [3.8, 4) is 0 Å². The van der Waals surface area contributed by atoms with Gasteiger partial charge in [0.05, 0.1) is 11.3 Å². The van der Waals surface area contributed by atoms with E-state index in [1.54, 1.807) is 12.1 Å². The van der Waals surface area contributed by atoms with Crippen molar-refractivity contribution in [1.82, 2.24) is 10.3 Å². The number of halogens is 1. The maximum Gasteiger partial charge on any atom is 0.260 e. The molecule has 0 aliphatic carbocycles. The Bertz CT molecular complexity index is 585. The van der Waals surface area contributed by atoms with Gasteiger partial charge in [0.1, 0.15) is 5.82 Å². The third kappa shape index (κ3) is 3.15. The van der Waals surface area contributed by atoms with Crippen molar-refractivity contribution in [3.63, 3.8) is 0 Å². The summed E-state index contributed by atoms with van der Waals surface area (Å²) in [6, 6.07) is 5.97. The molecule has 0 saturated carbocycles. The third-order valence-electron chi connectivity index (χ3n) is 2.74. The van der Waals surface area contributed by atoms with Gasteiger partial charge < -0.3 is 5.32 Å². The number of benzene rings is 1. The Morgan fingerprint density at radius 3 is 2.84 bits per heavy atom. The average molecular weight is 279 g/mol. The summed E-state index contributed by atoms with van der Waals surface area (Å²) in [7, 11) is 1.83. The van der Waals surface area contributed by atoms with Crippen LogP contribution in [-0.2, 0) is 0 Å². The van der Waals surface area contributed by atoms with Gasteiger partial charge in [-0.3, -0.25) is 10.1 Å². The lowest BCUT2D eigenvalue weighted by Crippen LogP contribution is -2.15. The Kier molecular flexibility index (Phi) is 4.24. The van der Waals surface area contributed by atoms with E-state index in [2.05, 4.69) is 15.6 Å². The number of hydrogen-bond acceptors (Lipinski definition) is 4. The Morgan fingerprint density at radius 1 is 1.42 bits per heavy atom. The predicted molar refractivity (Wildman–Crippen MR) is 73.9 cm³/mol. The van der Waals surface area contributed by atoms with Gasteiger partial charge in [-0.25, -0.2) is 9.37 Å². The van der Waals surface area contributed by atoms with E-state index in [1.807, 2.05) is 19.4 Å². The molecule has 0 aliphatic rings. The summed E-state index contributed by atoms with van der Waals surface area (Å²) < 4.78 is 13.4. The molecule has 1 aromatic carbocycles. The lowest BCUT2D eigenvalue weighted by Gasteiger charge is -2.05. The SMILES string of the molecule is CNC(C)c1csc(NC(=O)c2ccccc2F)n1.